The number of pyridine rings is 1. The molecule has 0 unspecified atom stereocenters. The van der Waals surface area contributed by atoms with Gasteiger partial charge in [0.1, 0.15) is 18.2 Å². The number of amides is 2. The summed E-state index contributed by atoms with van der Waals surface area (Å²) in [6.07, 6.45) is -3.51. The summed E-state index contributed by atoms with van der Waals surface area (Å²) in [6, 6.07) is 14.3. The third-order valence-corrected chi connectivity index (χ3v) is 5.71. The summed E-state index contributed by atoms with van der Waals surface area (Å²) in [7, 11) is 0. The van der Waals surface area contributed by atoms with Crippen molar-refractivity contribution in [1.29, 1.82) is 0 Å². The molecule has 12 nitrogen and oxygen atoms in total. The highest BCUT2D eigenvalue weighted by atomic mass is 16.6. The summed E-state index contributed by atoms with van der Waals surface area (Å²) in [6.45, 7) is 0.138. The molecule has 0 aliphatic carbocycles. The summed E-state index contributed by atoms with van der Waals surface area (Å²) >= 11 is 0. The third-order valence-electron chi connectivity index (χ3n) is 5.71. The van der Waals surface area contributed by atoms with Gasteiger partial charge in [0.05, 0.1) is 12.2 Å². The quantitative estimate of drug-likeness (QED) is 0.253. The van der Waals surface area contributed by atoms with Crippen molar-refractivity contribution in [3.63, 3.8) is 0 Å². The van der Waals surface area contributed by atoms with Crippen LogP contribution in [-0.4, -0.2) is 60.9 Å². The third kappa shape index (κ3) is 5.74. The topological polar surface area (TPSA) is 176 Å². The van der Waals surface area contributed by atoms with Crippen LogP contribution in [0.25, 0.3) is 0 Å². The molecular formula is C24H25N5O7. The fraction of sp³-hybridized carbons (Fsp3) is 0.292. The number of rotatable bonds is 8. The van der Waals surface area contributed by atoms with Gasteiger partial charge >= 0.3 is 5.69 Å². The van der Waals surface area contributed by atoms with Crippen LogP contribution in [0.4, 0.5) is 0 Å². The van der Waals surface area contributed by atoms with Gasteiger partial charge in [-0.05, 0) is 17.7 Å². The Morgan fingerprint density at radius 1 is 1.06 bits per heavy atom. The Balaban J connectivity index is 1.49. The zero-order valence-electron chi connectivity index (χ0n) is 19.0. The molecule has 2 aromatic heterocycles. The highest BCUT2D eigenvalue weighted by Gasteiger charge is 2.48. The zero-order chi connectivity index (χ0) is 25.7. The number of carbonyl (C=O) groups excluding carboxylic acids is 2. The number of nitrogens with zero attached hydrogens (tertiary/aromatic N) is 2. The molecule has 1 aliphatic heterocycles. The largest absolute Gasteiger partial charge is 0.387 e. The standard InChI is InChI=1S/C24H25N5O7/c30-17-9-11-29(24(35)28-17)23-19(32)18(31)20(36-23)22(34)27-16(12-14-6-2-1-3-7-14)21(33)26-13-15-8-4-5-10-25-15/h1-11,16,18-20,23,31-32H,12-13H2,(H,26,33)(H,27,34)(H,28,30,35)/t16-,18+,19-,20+,23-/m1/s1. The van der Waals surface area contributed by atoms with Crippen molar-refractivity contribution in [3.05, 3.63) is 99.1 Å². The van der Waals surface area contributed by atoms with Crippen LogP contribution in [0, 0.1) is 0 Å². The van der Waals surface area contributed by atoms with Crippen LogP contribution >= 0.6 is 0 Å². The molecule has 3 heterocycles. The van der Waals surface area contributed by atoms with Gasteiger partial charge < -0.3 is 25.6 Å². The molecular weight excluding hydrogens is 470 g/mol. The molecule has 0 radical (unpaired) electrons. The number of aliphatic hydroxyl groups is 2. The number of benzene rings is 1. The predicted molar refractivity (Wildman–Crippen MR) is 125 cm³/mol. The Hall–Kier alpha value is -4.13. The van der Waals surface area contributed by atoms with Crippen molar-refractivity contribution in [2.75, 3.05) is 0 Å². The molecule has 1 fully saturated rings. The lowest BCUT2D eigenvalue weighted by molar-refractivity contribution is -0.141. The van der Waals surface area contributed by atoms with Crippen LogP contribution < -0.4 is 21.9 Å². The summed E-state index contributed by atoms with van der Waals surface area (Å²) in [5.74, 6) is -1.34. The number of carbonyl (C=O) groups is 2. The van der Waals surface area contributed by atoms with Gasteiger partial charge in [0.15, 0.2) is 12.3 Å². The van der Waals surface area contributed by atoms with Crippen molar-refractivity contribution < 1.29 is 24.5 Å². The maximum absolute atomic E-state index is 13.1. The van der Waals surface area contributed by atoms with E-state index in [1.807, 2.05) is 11.1 Å². The highest BCUT2D eigenvalue weighted by Crippen LogP contribution is 2.28. The molecule has 0 spiro atoms. The van der Waals surface area contributed by atoms with E-state index < -0.39 is 53.6 Å². The second kappa shape index (κ2) is 11.1. The van der Waals surface area contributed by atoms with Crippen molar-refractivity contribution in [3.8, 4) is 0 Å². The lowest BCUT2D eigenvalue weighted by atomic mass is 10.0. The molecule has 5 atom stereocenters. The van der Waals surface area contributed by atoms with Gasteiger partial charge in [-0.15, -0.1) is 0 Å². The van der Waals surface area contributed by atoms with Crippen LogP contribution in [0.5, 0.6) is 0 Å². The first kappa shape index (κ1) is 25.0. The second-order valence-corrected chi connectivity index (χ2v) is 8.24. The van der Waals surface area contributed by atoms with Crippen LogP contribution in [-0.2, 0) is 27.3 Å². The summed E-state index contributed by atoms with van der Waals surface area (Å²) in [4.78, 5) is 55.6. The maximum atomic E-state index is 13.1. The average Bonchev–Trinajstić information content (AvgIpc) is 3.17. The number of aromatic amines is 1. The number of hydrogen-bond acceptors (Lipinski definition) is 8. The first-order chi connectivity index (χ1) is 17.3. The number of aromatic nitrogens is 3. The number of hydrogen-bond donors (Lipinski definition) is 5. The van der Waals surface area contributed by atoms with E-state index in [1.54, 1.807) is 48.7 Å². The SMILES string of the molecule is O=C(N[C@H](Cc1ccccc1)C(=O)NCc1ccccn1)[C@H]1O[C@@H](n2ccc(=O)[nH]c2=O)[C@H](O)[C@@H]1O. The molecule has 5 N–H and O–H groups in total. The molecule has 3 aromatic rings. The van der Waals surface area contributed by atoms with Gasteiger partial charge in [-0.1, -0.05) is 36.4 Å². The van der Waals surface area contributed by atoms with Gasteiger partial charge in [-0.2, -0.15) is 0 Å². The molecule has 0 bridgehead atoms. The highest BCUT2D eigenvalue weighted by molar-refractivity contribution is 5.90. The van der Waals surface area contributed by atoms with E-state index in [0.717, 1.165) is 22.4 Å². The van der Waals surface area contributed by atoms with Gasteiger partial charge in [-0.3, -0.25) is 28.9 Å². The Morgan fingerprint density at radius 2 is 1.81 bits per heavy atom. The molecule has 2 amide bonds. The Kier molecular flexibility index (Phi) is 7.68. The van der Waals surface area contributed by atoms with Gasteiger partial charge in [-0.25, -0.2) is 4.79 Å². The average molecular weight is 495 g/mol. The molecule has 188 valence electrons. The second-order valence-electron chi connectivity index (χ2n) is 8.24. The molecule has 36 heavy (non-hydrogen) atoms. The molecule has 0 saturated carbocycles. The summed E-state index contributed by atoms with van der Waals surface area (Å²) in [5, 5.41) is 26.2. The summed E-state index contributed by atoms with van der Waals surface area (Å²) in [5.41, 5.74) is -0.126. The van der Waals surface area contributed by atoms with Crippen LogP contribution in [0.15, 0.2) is 76.6 Å². The first-order valence-corrected chi connectivity index (χ1v) is 11.2. The monoisotopic (exact) mass is 495 g/mol. The minimum atomic E-state index is -1.69. The van der Waals surface area contributed by atoms with Gasteiger partial charge in [0.25, 0.3) is 11.5 Å². The van der Waals surface area contributed by atoms with Crippen molar-refractivity contribution in [2.24, 2.45) is 0 Å². The molecule has 12 heteroatoms. The van der Waals surface area contributed by atoms with E-state index in [2.05, 4.69) is 15.6 Å². The van der Waals surface area contributed by atoms with Crippen molar-refractivity contribution in [1.82, 2.24) is 25.2 Å². The van der Waals surface area contributed by atoms with E-state index in [0.29, 0.717) is 5.69 Å². The number of ether oxygens (including phenoxy) is 1. The fourth-order valence-electron chi connectivity index (χ4n) is 3.85. The van der Waals surface area contributed by atoms with E-state index in [4.69, 9.17) is 4.74 Å². The molecule has 4 rings (SSSR count). The minimum Gasteiger partial charge on any atom is -0.387 e. The van der Waals surface area contributed by atoms with E-state index in [-0.39, 0.29) is 13.0 Å². The minimum absolute atomic E-state index is 0.138. The van der Waals surface area contributed by atoms with Crippen molar-refractivity contribution >= 4 is 11.8 Å². The van der Waals surface area contributed by atoms with Crippen molar-refractivity contribution in [2.45, 2.75) is 43.5 Å². The molecule has 1 aromatic carbocycles. The number of aliphatic hydroxyl groups excluding tert-OH is 2. The fourth-order valence-corrected chi connectivity index (χ4v) is 3.85. The zero-order valence-corrected chi connectivity index (χ0v) is 19.0. The molecule has 1 aliphatic rings. The number of H-pyrrole nitrogens is 1. The van der Waals surface area contributed by atoms with Crippen LogP contribution in [0.3, 0.4) is 0 Å². The molecule has 1 saturated heterocycles. The van der Waals surface area contributed by atoms with Gasteiger partial charge in [0, 0.05) is 24.9 Å². The predicted octanol–water partition coefficient (Wildman–Crippen LogP) is -1.41. The normalized spacial score (nSPS) is 22.1. The Labute approximate surface area is 204 Å². The van der Waals surface area contributed by atoms with E-state index in [9.17, 15) is 29.4 Å². The Bertz CT molecular complexity index is 1310. The van der Waals surface area contributed by atoms with E-state index >= 15 is 0 Å². The maximum Gasteiger partial charge on any atom is 0.330 e. The smallest absolute Gasteiger partial charge is 0.330 e. The number of nitrogens with one attached hydrogen (secondary N) is 3. The van der Waals surface area contributed by atoms with Gasteiger partial charge in [0.2, 0.25) is 5.91 Å². The van der Waals surface area contributed by atoms with Crippen LogP contribution in [0.2, 0.25) is 0 Å². The van der Waals surface area contributed by atoms with E-state index in [1.165, 1.54) is 0 Å². The summed E-state index contributed by atoms with van der Waals surface area (Å²) < 4.78 is 6.37. The first-order valence-electron chi connectivity index (χ1n) is 11.2. The lowest BCUT2D eigenvalue weighted by Gasteiger charge is -2.22. The Morgan fingerprint density at radius 3 is 2.50 bits per heavy atom. The lowest BCUT2D eigenvalue weighted by Crippen LogP contribution is -2.52. The van der Waals surface area contributed by atoms with Crippen LogP contribution in [0.1, 0.15) is 17.5 Å².